The Morgan fingerprint density at radius 2 is 2.33 bits per heavy atom. The average molecular weight is 187 g/mol. The van der Waals surface area contributed by atoms with Gasteiger partial charge in [0.05, 0.1) is 4.92 Å². The molecule has 0 atom stereocenters. The minimum absolute atomic E-state index is 0.120. The van der Waals surface area contributed by atoms with Crippen molar-refractivity contribution in [3.05, 3.63) is 34.1 Å². The molecule has 0 aliphatic carbocycles. The highest BCUT2D eigenvalue weighted by atomic mass is 35.5. The largest absolute Gasteiger partial charge is 0.274 e. The third-order valence-corrected chi connectivity index (χ3v) is 1.35. The fraction of sp³-hybridized carbons (Fsp3) is 0. The van der Waals surface area contributed by atoms with Crippen molar-refractivity contribution in [2.75, 3.05) is 0 Å². The topological polar surface area (TPSA) is 73.1 Å². The molecule has 0 bridgehead atoms. The third-order valence-electron chi connectivity index (χ3n) is 1.16. The summed E-state index contributed by atoms with van der Waals surface area (Å²) in [6, 6.07) is 2.21. The maximum absolute atomic E-state index is 10.5. The molecule has 62 valence electrons. The Labute approximate surface area is 72.1 Å². The number of nitro groups is 1. The predicted octanol–water partition coefficient (Wildman–Crippen LogP) is 1.37. The van der Waals surface area contributed by atoms with Gasteiger partial charge in [-0.05, 0) is 11.6 Å². The first kappa shape index (κ1) is 8.61. The molecule has 0 radical (unpaired) electrons. The number of halogens is 1. The van der Waals surface area contributed by atoms with Crippen LogP contribution in [0.5, 0.6) is 0 Å². The van der Waals surface area contributed by atoms with Gasteiger partial charge in [0.15, 0.2) is 0 Å². The number of rotatable bonds is 2. The first-order valence-corrected chi connectivity index (χ1v) is 3.29. The molecule has 0 saturated heterocycles. The molecule has 0 aliphatic rings. The summed E-state index contributed by atoms with van der Waals surface area (Å²) in [5.74, 6) is 0. The molecule has 1 rings (SSSR count). The van der Waals surface area contributed by atoms with Gasteiger partial charge in [0, 0.05) is 18.3 Å². The Morgan fingerprint density at radius 3 is 2.83 bits per heavy atom. The lowest BCUT2D eigenvalue weighted by Gasteiger charge is -1.91. The Morgan fingerprint density at radius 1 is 1.67 bits per heavy atom. The number of pyridine rings is 1. The highest BCUT2D eigenvalue weighted by Gasteiger charge is 2.10. The first-order valence-electron chi connectivity index (χ1n) is 2.91. The maximum atomic E-state index is 10.5. The molecule has 12 heavy (non-hydrogen) atoms. The summed E-state index contributed by atoms with van der Waals surface area (Å²) < 4.78 is 0. The average Bonchev–Trinajstić information content (AvgIpc) is 2.04. The van der Waals surface area contributed by atoms with Gasteiger partial charge in [-0.2, -0.15) is 0 Å². The Hall–Kier alpha value is -1.49. The van der Waals surface area contributed by atoms with Gasteiger partial charge >= 0.3 is 0 Å². The molecule has 0 saturated carbocycles. The molecule has 0 N–H and O–H groups in total. The van der Waals surface area contributed by atoms with Crippen molar-refractivity contribution < 1.29 is 9.72 Å². The van der Waals surface area contributed by atoms with Gasteiger partial charge in [-0.3, -0.25) is 19.9 Å². The van der Waals surface area contributed by atoms with E-state index in [1.165, 1.54) is 6.07 Å². The van der Waals surface area contributed by atoms with Crippen LogP contribution in [0.2, 0.25) is 0 Å². The van der Waals surface area contributed by atoms with Crippen molar-refractivity contribution in [3.8, 4) is 0 Å². The van der Waals surface area contributed by atoms with E-state index in [9.17, 15) is 14.9 Å². The van der Waals surface area contributed by atoms with Crippen molar-refractivity contribution in [1.29, 1.82) is 0 Å². The summed E-state index contributed by atoms with van der Waals surface area (Å²) in [4.78, 5) is 23.6. The molecular formula is C6H3ClN2O3. The molecule has 1 aromatic rings. The van der Waals surface area contributed by atoms with E-state index in [1.54, 1.807) is 0 Å². The molecule has 0 spiro atoms. The number of carbonyl (C=O) groups is 1. The van der Waals surface area contributed by atoms with Crippen LogP contribution < -0.4 is 0 Å². The van der Waals surface area contributed by atoms with E-state index < -0.39 is 10.2 Å². The van der Waals surface area contributed by atoms with Crippen LogP contribution in [0.3, 0.4) is 0 Å². The molecule has 6 heteroatoms. The molecular weight excluding hydrogens is 184 g/mol. The van der Waals surface area contributed by atoms with E-state index in [2.05, 4.69) is 4.98 Å². The molecule has 5 nitrogen and oxygen atoms in total. The van der Waals surface area contributed by atoms with E-state index in [4.69, 9.17) is 11.6 Å². The zero-order chi connectivity index (χ0) is 9.14. The summed E-state index contributed by atoms with van der Waals surface area (Å²) in [6.07, 6.45) is 1.16. The lowest BCUT2D eigenvalue weighted by molar-refractivity contribution is -0.385. The van der Waals surface area contributed by atoms with E-state index in [-0.39, 0.29) is 11.4 Å². The molecule has 0 fully saturated rings. The van der Waals surface area contributed by atoms with Gasteiger partial charge in [0.25, 0.3) is 10.9 Å². The Balaban J connectivity index is 3.12. The minimum atomic E-state index is -0.807. The van der Waals surface area contributed by atoms with Crippen LogP contribution in [0.4, 0.5) is 5.69 Å². The fourth-order valence-electron chi connectivity index (χ4n) is 0.640. The molecule has 1 aromatic heterocycles. The van der Waals surface area contributed by atoms with Gasteiger partial charge in [0.1, 0.15) is 5.69 Å². The second kappa shape index (κ2) is 3.27. The van der Waals surface area contributed by atoms with Crippen LogP contribution in [0.25, 0.3) is 0 Å². The summed E-state index contributed by atoms with van der Waals surface area (Å²) in [5.41, 5.74) is -0.320. The quantitative estimate of drug-likeness (QED) is 0.397. The Bertz CT molecular complexity index is 310. The lowest BCUT2D eigenvalue weighted by atomic mass is 10.3. The molecule has 1 heterocycles. The van der Waals surface area contributed by atoms with Crippen LogP contribution in [-0.2, 0) is 0 Å². The van der Waals surface area contributed by atoms with Crippen molar-refractivity contribution in [2.24, 2.45) is 0 Å². The fourth-order valence-corrected chi connectivity index (χ4v) is 0.744. The van der Waals surface area contributed by atoms with Gasteiger partial charge in [0.2, 0.25) is 0 Å². The normalized spacial score (nSPS) is 9.42. The van der Waals surface area contributed by atoms with Gasteiger partial charge in [-0.1, -0.05) is 0 Å². The van der Waals surface area contributed by atoms with Gasteiger partial charge < -0.3 is 0 Å². The molecule has 0 aliphatic heterocycles. The maximum Gasteiger partial charge on any atom is 0.273 e. The smallest absolute Gasteiger partial charge is 0.273 e. The number of aromatic nitrogens is 1. The van der Waals surface area contributed by atoms with Gasteiger partial charge in [-0.15, -0.1) is 0 Å². The SMILES string of the molecule is O=C(Cl)c1cc([N+](=O)[O-])ccn1. The number of nitrogens with zero attached hydrogens (tertiary/aromatic N) is 2. The first-order chi connectivity index (χ1) is 5.61. The predicted molar refractivity (Wildman–Crippen MR) is 41.1 cm³/mol. The number of carbonyl (C=O) groups excluding carboxylic acids is 1. The van der Waals surface area contributed by atoms with Crippen molar-refractivity contribution >= 4 is 22.5 Å². The van der Waals surface area contributed by atoms with Crippen molar-refractivity contribution in [3.63, 3.8) is 0 Å². The number of hydrogen-bond donors (Lipinski definition) is 0. The summed E-state index contributed by atoms with van der Waals surface area (Å²) in [6.45, 7) is 0. The highest BCUT2D eigenvalue weighted by molar-refractivity contribution is 6.67. The second-order valence-electron chi connectivity index (χ2n) is 1.93. The zero-order valence-corrected chi connectivity index (χ0v) is 6.49. The van der Waals surface area contributed by atoms with Crippen LogP contribution in [0.15, 0.2) is 18.3 Å². The Kier molecular flexibility index (Phi) is 2.35. The van der Waals surface area contributed by atoms with Gasteiger partial charge in [-0.25, -0.2) is 0 Å². The standard InChI is InChI=1S/C6H3ClN2O3/c7-6(10)5-3-4(9(11)12)1-2-8-5/h1-3H. The minimum Gasteiger partial charge on any atom is -0.274 e. The zero-order valence-electron chi connectivity index (χ0n) is 5.73. The van der Waals surface area contributed by atoms with Crippen LogP contribution >= 0.6 is 11.6 Å². The van der Waals surface area contributed by atoms with Crippen LogP contribution in [0, 0.1) is 10.1 Å². The van der Waals surface area contributed by atoms with Crippen molar-refractivity contribution in [1.82, 2.24) is 4.98 Å². The molecule has 0 amide bonds. The summed E-state index contributed by atoms with van der Waals surface area (Å²) >= 11 is 5.06. The van der Waals surface area contributed by atoms with E-state index in [1.807, 2.05) is 0 Å². The monoisotopic (exact) mass is 186 g/mol. The molecule has 0 unspecified atom stereocenters. The lowest BCUT2D eigenvalue weighted by Crippen LogP contribution is -1.95. The van der Waals surface area contributed by atoms with E-state index in [0.29, 0.717) is 0 Å². The third kappa shape index (κ3) is 1.76. The van der Waals surface area contributed by atoms with Crippen LogP contribution in [-0.4, -0.2) is 15.1 Å². The summed E-state index contributed by atoms with van der Waals surface area (Å²) in [7, 11) is 0. The van der Waals surface area contributed by atoms with Crippen molar-refractivity contribution in [2.45, 2.75) is 0 Å². The van der Waals surface area contributed by atoms with E-state index >= 15 is 0 Å². The summed E-state index contributed by atoms with van der Waals surface area (Å²) in [5, 5.41) is 9.39. The molecule has 0 aromatic carbocycles. The van der Waals surface area contributed by atoms with Crippen LogP contribution in [0.1, 0.15) is 10.5 Å². The number of hydrogen-bond acceptors (Lipinski definition) is 4. The second-order valence-corrected chi connectivity index (χ2v) is 2.27. The highest BCUT2D eigenvalue weighted by Crippen LogP contribution is 2.11. The van der Waals surface area contributed by atoms with E-state index in [0.717, 1.165) is 12.3 Å².